The molecule has 0 bridgehead atoms. The van der Waals surface area contributed by atoms with E-state index in [1.165, 1.54) is 33.5 Å². The Morgan fingerprint density at radius 2 is 1.70 bits per heavy atom. The summed E-state index contributed by atoms with van der Waals surface area (Å²) in [7, 11) is 4.09. The molecule has 0 aromatic heterocycles. The second-order valence-electron chi connectivity index (χ2n) is 8.68. The number of anilines is 1. The van der Waals surface area contributed by atoms with Crippen LogP contribution in [0.2, 0.25) is 0 Å². The molecular formula is C26H34N2OS. The zero-order valence-corrected chi connectivity index (χ0v) is 19.8. The molecule has 4 heteroatoms. The number of thioether (sulfide) groups is 1. The molecule has 0 radical (unpaired) electrons. The third-order valence-corrected chi connectivity index (χ3v) is 6.86. The first-order valence-electron chi connectivity index (χ1n) is 10.8. The van der Waals surface area contributed by atoms with Gasteiger partial charge in [-0.25, -0.2) is 0 Å². The summed E-state index contributed by atoms with van der Waals surface area (Å²) < 4.78 is 0. The summed E-state index contributed by atoms with van der Waals surface area (Å²) in [5.74, 6) is 2.61. The lowest BCUT2D eigenvalue weighted by atomic mass is 9.82. The lowest BCUT2D eigenvalue weighted by Gasteiger charge is -2.24. The Balaban J connectivity index is 1.53. The van der Waals surface area contributed by atoms with Crippen molar-refractivity contribution in [2.24, 2.45) is 4.99 Å². The van der Waals surface area contributed by atoms with E-state index in [-0.39, 0.29) is 5.92 Å². The van der Waals surface area contributed by atoms with Gasteiger partial charge in [-0.05, 0) is 67.5 Å². The van der Waals surface area contributed by atoms with Gasteiger partial charge in [-0.1, -0.05) is 29.8 Å². The van der Waals surface area contributed by atoms with Crippen LogP contribution in [-0.2, 0) is 10.5 Å². The van der Waals surface area contributed by atoms with Gasteiger partial charge in [-0.2, -0.15) is 11.8 Å². The molecule has 30 heavy (non-hydrogen) atoms. The molecule has 1 aliphatic rings. The largest absolute Gasteiger partial charge is 0.378 e. The van der Waals surface area contributed by atoms with Crippen LogP contribution in [0.25, 0.3) is 0 Å². The minimum atomic E-state index is 0.270. The zero-order chi connectivity index (χ0) is 21.7. The van der Waals surface area contributed by atoms with E-state index < -0.39 is 0 Å². The summed E-state index contributed by atoms with van der Waals surface area (Å²) in [5, 5.41) is 0. The fourth-order valence-corrected chi connectivity index (χ4v) is 5.31. The Hall–Kier alpha value is -2.07. The number of ketones is 1. The van der Waals surface area contributed by atoms with Gasteiger partial charge < -0.3 is 4.90 Å². The Bertz CT molecular complexity index is 892. The number of aryl methyl sites for hydroxylation is 3. The SMILES string of the molecule is Cc1cc(C)c(CSCCN=C2CC(=O)C[C@@H](c3ccc(N(C)C)cc3)C2)c(C)c1. The van der Waals surface area contributed by atoms with Gasteiger partial charge in [0.25, 0.3) is 0 Å². The van der Waals surface area contributed by atoms with Crippen LogP contribution in [0.3, 0.4) is 0 Å². The van der Waals surface area contributed by atoms with E-state index in [1.807, 2.05) is 25.9 Å². The van der Waals surface area contributed by atoms with E-state index in [1.54, 1.807) is 0 Å². The summed E-state index contributed by atoms with van der Waals surface area (Å²) in [6.45, 7) is 7.36. The van der Waals surface area contributed by atoms with Crippen LogP contribution >= 0.6 is 11.8 Å². The molecule has 1 atom stereocenters. The summed E-state index contributed by atoms with van der Waals surface area (Å²) in [5.41, 5.74) is 9.06. The predicted molar refractivity (Wildman–Crippen MR) is 131 cm³/mol. The topological polar surface area (TPSA) is 32.7 Å². The smallest absolute Gasteiger partial charge is 0.139 e. The van der Waals surface area contributed by atoms with Crippen molar-refractivity contribution in [2.75, 3.05) is 31.3 Å². The van der Waals surface area contributed by atoms with Crippen molar-refractivity contribution in [1.82, 2.24) is 0 Å². The number of hydrogen-bond donors (Lipinski definition) is 0. The first-order chi connectivity index (χ1) is 14.3. The number of carbonyl (C=O) groups is 1. The second-order valence-corrected chi connectivity index (χ2v) is 9.79. The third-order valence-electron chi connectivity index (χ3n) is 5.90. The lowest BCUT2D eigenvalue weighted by Crippen LogP contribution is -2.22. The third kappa shape index (κ3) is 5.98. The molecule has 0 N–H and O–H groups in total. The Morgan fingerprint density at radius 3 is 2.33 bits per heavy atom. The molecule has 1 saturated carbocycles. The highest BCUT2D eigenvalue weighted by molar-refractivity contribution is 7.98. The highest BCUT2D eigenvalue weighted by Gasteiger charge is 2.25. The molecular weight excluding hydrogens is 388 g/mol. The molecule has 3 nitrogen and oxygen atoms in total. The van der Waals surface area contributed by atoms with E-state index >= 15 is 0 Å². The molecule has 1 aliphatic carbocycles. The van der Waals surface area contributed by atoms with Gasteiger partial charge in [0.15, 0.2) is 0 Å². The van der Waals surface area contributed by atoms with Crippen molar-refractivity contribution in [3.05, 3.63) is 64.2 Å². The van der Waals surface area contributed by atoms with E-state index in [9.17, 15) is 4.79 Å². The molecule has 3 rings (SSSR count). The van der Waals surface area contributed by atoms with E-state index in [0.717, 1.165) is 30.2 Å². The Morgan fingerprint density at radius 1 is 1.03 bits per heavy atom. The van der Waals surface area contributed by atoms with Crippen LogP contribution in [0.1, 0.15) is 53.0 Å². The standard InChI is InChI=1S/C26H34N2OS/c1-18-12-19(2)26(20(3)13-18)17-30-11-10-27-23-14-22(15-25(29)16-23)21-6-8-24(9-7-21)28(4)5/h6-9,12-13,22H,10-11,14-17H2,1-5H3/t22-/m0/s1. The number of carbonyl (C=O) groups excluding carboxylic acids is 1. The van der Waals surface area contributed by atoms with Gasteiger partial charge in [-0.15, -0.1) is 0 Å². The summed E-state index contributed by atoms with van der Waals surface area (Å²) in [4.78, 5) is 19.2. The highest BCUT2D eigenvalue weighted by Crippen LogP contribution is 2.31. The van der Waals surface area contributed by atoms with Gasteiger partial charge in [0.05, 0.1) is 0 Å². The number of Topliss-reactive ketones (excluding diaryl/α,β-unsaturated/α-hetero) is 1. The number of benzene rings is 2. The number of rotatable bonds is 7. The maximum absolute atomic E-state index is 12.3. The van der Waals surface area contributed by atoms with Gasteiger partial charge in [0, 0.05) is 56.4 Å². The lowest BCUT2D eigenvalue weighted by molar-refractivity contribution is -0.118. The quantitative estimate of drug-likeness (QED) is 0.522. The fraction of sp³-hybridized carbons (Fsp3) is 0.462. The number of nitrogens with zero attached hydrogens (tertiary/aromatic N) is 2. The second kappa shape index (κ2) is 10.3. The van der Waals surface area contributed by atoms with Crippen LogP contribution in [0, 0.1) is 20.8 Å². The predicted octanol–water partition coefficient (Wildman–Crippen LogP) is 5.89. The van der Waals surface area contributed by atoms with Gasteiger partial charge in [0.1, 0.15) is 5.78 Å². The Labute approximate surface area is 186 Å². The molecule has 0 aliphatic heterocycles. The van der Waals surface area contributed by atoms with Crippen molar-refractivity contribution in [1.29, 1.82) is 0 Å². The van der Waals surface area contributed by atoms with E-state index in [2.05, 4.69) is 62.1 Å². The van der Waals surface area contributed by atoms with Gasteiger partial charge in [-0.3, -0.25) is 9.79 Å². The summed E-state index contributed by atoms with van der Waals surface area (Å²) >= 11 is 1.93. The molecule has 2 aromatic rings. The van der Waals surface area contributed by atoms with Gasteiger partial charge in [0.2, 0.25) is 0 Å². The van der Waals surface area contributed by atoms with Crippen LogP contribution in [0.4, 0.5) is 5.69 Å². The monoisotopic (exact) mass is 422 g/mol. The molecule has 2 aromatic carbocycles. The van der Waals surface area contributed by atoms with E-state index in [0.29, 0.717) is 18.6 Å². The van der Waals surface area contributed by atoms with Crippen LogP contribution in [0.15, 0.2) is 41.4 Å². The maximum atomic E-state index is 12.3. The highest BCUT2D eigenvalue weighted by atomic mass is 32.2. The average molecular weight is 423 g/mol. The normalized spacial score (nSPS) is 18.1. The van der Waals surface area contributed by atoms with Crippen molar-refractivity contribution < 1.29 is 4.79 Å². The van der Waals surface area contributed by atoms with Crippen LogP contribution in [-0.4, -0.2) is 37.9 Å². The van der Waals surface area contributed by atoms with Crippen molar-refractivity contribution in [2.45, 2.75) is 51.7 Å². The van der Waals surface area contributed by atoms with Crippen molar-refractivity contribution in [3.63, 3.8) is 0 Å². The molecule has 0 saturated heterocycles. The molecule has 0 spiro atoms. The summed E-state index contributed by atoms with van der Waals surface area (Å²) in [6, 6.07) is 13.1. The molecule has 1 fully saturated rings. The first kappa shape index (κ1) is 22.6. The minimum absolute atomic E-state index is 0.270. The minimum Gasteiger partial charge on any atom is -0.378 e. The van der Waals surface area contributed by atoms with Gasteiger partial charge >= 0.3 is 0 Å². The fourth-order valence-electron chi connectivity index (χ4n) is 4.28. The molecule has 160 valence electrons. The first-order valence-corrected chi connectivity index (χ1v) is 11.9. The van der Waals surface area contributed by atoms with Crippen LogP contribution in [0.5, 0.6) is 0 Å². The average Bonchev–Trinajstić information content (AvgIpc) is 2.69. The maximum Gasteiger partial charge on any atom is 0.139 e. The summed E-state index contributed by atoms with van der Waals surface area (Å²) in [6.07, 6.45) is 2.09. The Kier molecular flexibility index (Phi) is 7.76. The number of hydrogen-bond acceptors (Lipinski definition) is 4. The molecule has 0 heterocycles. The van der Waals surface area contributed by atoms with E-state index in [4.69, 9.17) is 4.99 Å². The molecule has 0 unspecified atom stereocenters. The van der Waals surface area contributed by atoms with Crippen LogP contribution < -0.4 is 4.90 Å². The van der Waals surface area contributed by atoms with Crippen molar-refractivity contribution in [3.8, 4) is 0 Å². The zero-order valence-electron chi connectivity index (χ0n) is 19.0. The molecule has 0 amide bonds. The van der Waals surface area contributed by atoms with Crippen molar-refractivity contribution >= 4 is 28.9 Å². The number of aliphatic imine (C=N–C) groups is 1.